The van der Waals surface area contributed by atoms with Crippen molar-refractivity contribution in [2.45, 2.75) is 13.0 Å². The number of hydrogen-bond donors (Lipinski definition) is 3. The molecule has 0 fully saturated rings. The fraction of sp³-hybridized carbons (Fsp3) is 0.273. The summed E-state index contributed by atoms with van der Waals surface area (Å²) in [6.45, 7) is 1.19. The number of nitrogens with zero attached hydrogens (tertiary/aromatic N) is 2. The zero-order chi connectivity index (χ0) is 13.0. The molecule has 96 valence electrons. The summed E-state index contributed by atoms with van der Waals surface area (Å²) >= 11 is 11.7. The normalized spacial score (nSPS) is 10.8. The van der Waals surface area contributed by atoms with Gasteiger partial charge in [0.15, 0.2) is 0 Å². The fourth-order valence-corrected chi connectivity index (χ4v) is 2.07. The molecule has 1 aromatic carbocycles. The van der Waals surface area contributed by atoms with E-state index in [1.165, 1.54) is 12.4 Å². The summed E-state index contributed by atoms with van der Waals surface area (Å²) in [5, 5.41) is 20.2. The number of phenolic OH excluding ortho intramolecular Hbond substituents is 1. The smallest absolute Gasteiger partial charge is 0.138 e. The van der Waals surface area contributed by atoms with Crippen LogP contribution in [-0.4, -0.2) is 26.8 Å². The first-order valence-electron chi connectivity index (χ1n) is 5.38. The van der Waals surface area contributed by atoms with Crippen molar-refractivity contribution in [1.82, 2.24) is 20.5 Å². The lowest BCUT2D eigenvalue weighted by Gasteiger charge is -2.08. The lowest BCUT2D eigenvalue weighted by Crippen LogP contribution is -2.17. The van der Waals surface area contributed by atoms with E-state index in [9.17, 15) is 5.11 Å². The third kappa shape index (κ3) is 3.35. The average Bonchev–Trinajstić information content (AvgIpc) is 2.83. The van der Waals surface area contributed by atoms with Crippen molar-refractivity contribution in [3.05, 3.63) is 39.9 Å². The van der Waals surface area contributed by atoms with E-state index >= 15 is 0 Å². The second-order valence-corrected chi connectivity index (χ2v) is 4.60. The van der Waals surface area contributed by atoms with Crippen LogP contribution in [0.4, 0.5) is 0 Å². The lowest BCUT2D eigenvalue weighted by molar-refractivity contribution is 0.465. The molecule has 7 heteroatoms. The Hall–Kier alpha value is -1.30. The predicted octanol–water partition coefficient (Wildman–Crippen LogP) is 2.15. The highest BCUT2D eigenvalue weighted by Crippen LogP contribution is 2.30. The highest BCUT2D eigenvalue weighted by Gasteiger charge is 2.07. The molecular weight excluding hydrogens is 275 g/mol. The summed E-state index contributed by atoms with van der Waals surface area (Å²) in [4.78, 5) is 4.01. The highest BCUT2D eigenvalue weighted by atomic mass is 35.5. The van der Waals surface area contributed by atoms with Crippen LogP contribution >= 0.6 is 23.2 Å². The molecule has 0 saturated carbocycles. The monoisotopic (exact) mass is 286 g/mol. The maximum Gasteiger partial charge on any atom is 0.138 e. The second kappa shape index (κ2) is 6.04. The van der Waals surface area contributed by atoms with Gasteiger partial charge in [0.25, 0.3) is 0 Å². The molecule has 3 N–H and O–H groups in total. The highest BCUT2D eigenvalue weighted by molar-refractivity contribution is 6.35. The predicted molar refractivity (Wildman–Crippen MR) is 69.9 cm³/mol. The zero-order valence-corrected chi connectivity index (χ0v) is 11.0. The van der Waals surface area contributed by atoms with Crippen molar-refractivity contribution in [2.24, 2.45) is 0 Å². The molecule has 0 bridgehead atoms. The van der Waals surface area contributed by atoms with Crippen LogP contribution in [0, 0.1) is 0 Å². The minimum Gasteiger partial charge on any atom is -0.506 e. The number of halogens is 2. The number of phenols is 1. The summed E-state index contributed by atoms with van der Waals surface area (Å²) in [5.74, 6) is 0.879. The number of H-pyrrole nitrogens is 1. The standard InChI is InChI=1S/C11H12Cl2N4O/c12-8-3-7(11(18)9(13)4-8)5-14-2-1-10-15-6-16-17-10/h3-4,6,14,18H,1-2,5H2,(H,15,16,17). The molecule has 0 aliphatic rings. The van der Waals surface area contributed by atoms with Gasteiger partial charge in [-0.1, -0.05) is 23.2 Å². The third-order valence-corrected chi connectivity index (χ3v) is 2.93. The van der Waals surface area contributed by atoms with Crippen molar-refractivity contribution in [3.63, 3.8) is 0 Å². The van der Waals surface area contributed by atoms with Crippen LogP contribution in [0.5, 0.6) is 5.75 Å². The summed E-state index contributed by atoms with van der Waals surface area (Å²) in [5.41, 5.74) is 0.671. The first-order valence-corrected chi connectivity index (χ1v) is 6.14. The molecule has 0 saturated heterocycles. The number of aromatic hydroxyl groups is 1. The van der Waals surface area contributed by atoms with E-state index in [4.69, 9.17) is 23.2 Å². The number of aromatic nitrogens is 3. The number of rotatable bonds is 5. The topological polar surface area (TPSA) is 73.8 Å². The Labute approximate surface area is 114 Å². The second-order valence-electron chi connectivity index (χ2n) is 3.75. The van der Waals surface area contributed by atoms with Gasteiger partial charge in [-0.2, -0.15) is 5.10 Å². The summed E-state index contributed by atoms with van der Waals surface area (Å²) in [7, 11) is 0. The van der Waals surface area contributed by atoms with Crippen LogP contribution in [0.1, 0.15) is 11.4 Å². The Morgan fingerprint density at radius 1 is 1.33 bits per heavy atom. The van der Waals surface area contributed by atoms with Crippen molar-refractivity contribution in [2.75, 3.05) is 6.54 Å². The molecule has 1 heterocycles. The lowest BCUT2D eigenvalue weighted by atomic mass is 10.2. The van der Waals surface area contributed by atoms with Gasteiger partial charge < -0.3 is 10.4 Å². The van der Waals surface area contributed by atoms with Crippen LogP contribution in [0.25, 0.3) is 0 Å². The Morgan fingerprint density at radius 3 is 2.89 bits per heavy atom. The first kappa shape index (κ1) is 13.1. The third-order valence-electron chi connectivity index (χ3n) is 2.43. The van der Waals surface area contributed by atoms with Crippen molar-refractivity contribution in [3.8, 4) is 5.75 Å². The molecule has 0 atom stereocenters. The van der Waals surface area contributed by atoms with Crippen LogP contribution in [0.15, 0.2) is 18.5 Å². The van der Waals surface area contributed by atoms with E-state index in [2.05, 4.69) is 20.5 Å². The fourth-order valence-electron chi connectivity index (χ4n) is 1.54. The molecule has 0 aliphatic carbocycles. The molecule has 18 heavy (non-hydrogen) atoms. The Kier molecular flexibility index (Phi) is 4.41. The van der Waals surface area contributed by atoms with E-state index < -0.39 is 0 Å². The summed E-state index contributed by atoms with van der Waals surface area (Å²) in [6, 6.07) is 3.20. The van der Waals surface area contributed by atoms with Crippen molar-refractivity contribution >= 4 is 23.2 Å². The zero-order valence-electron chi connectivity index (χ0n) is 9.45. The number of aromatic amines is 1. The molecule has 0 radical (unpaired) electrons. The summed E-state index contributed by atoms with van der Waals surface area (Å²) in [6.07, 6.45) is 2.20. The van der Waals surface area contributed by atoms with Gasteiger partial charge in [0.05, 0.1) is 5.02 Å². The number of nitrogens with one attached hydrogen (secondary N) is 2. The van der Waals surface area contributed by atoms with Crippen LogP contribution in [0.3, 0.4) is 0 Å². The van der Waals surface area contributed by atoms with Crippen LogP contribution in [-0.2, 0) is 13.0 Å². The summed E-state index contributed by atoms with van der Waals surface area (Å²) < 4.78 is 0. The van der Waals surface area contributed by atoms with Gasteiger partial charge in [-0.05, 0) is 12.1 Å². The van der Waals surface area contributed by atoms with Gasteiger partial charge >= 0.3 is 0 Å². The van der Waals surface area contributed by atoms with Crippen molar-refractivity contribution < 1.29 is 5.11 Å². The van der Waals surface area contributed by atoms with E-state index in [0.29, 0.717) is 23.7 Å². The quantitative estimate of drug-likeness (QED) is 0.737. The van der Waals surface area contributed by atoms with E-state index in [1.807, 2.05) is 0 Å². The van der Waals surface area contributed by atoms with Gasteiger partial charge in [-0.3, -0.25) is 5.10 Å². The molecular formula is C11H12Cl2N4O. The maximum absolute atomic E-state index is 9.75. The van der Waals surface area contributed by atoms with Gasteiger partial charge in [0.1, 0.15) is 17.9 Å². The van der Waals surface area contributed by atoms with E-state index in [1.54, 1.807) is 6.07 Å². The van der Waals surface area contributed by atoms with Gasteiger partial charge in [0, 0.05) is 30.1 Å². The van der Waals surface area contributed by atoms with E-state index in [0.717, 1.165) is 12.2 Å². The largest absolute Gasteiger partial charge is 0.506 e. The number of hydrogen-bond acceptors (Lipinski definition) is 4. The van der Waals surface area contributed by atoms with E-state index in [-0.39, 0.29) is 10.8 Å². The minimum atomic E-state index is 0.0632. The molecule has 2 aromatic rings. The SMILES string of the molecule is Oc1c(Cl)cc(Cl)cc1CNCCc1ncn[nH]1. The van der Waals surface area contributed by atoms with Gasteiger partial charge in [-0.15, -0.1) is 0 Å². The maximum atomic E-state index is 9.75. The Balaban J connectivity index is 1.86. The van der Waals surface area contributed by atoms with Gasteiger partial charge in [0.2, 0.25) is 0 Å². The molecule has 0 aliphatic heterocycles. The molecule has 0 amide bonds. The first-order chi connectivity index (χ1) is 8.66. The molecule has 1 aromatic heterocycles. The Morgan fingerprint density at radius 2 is 2.17 bits per heavy atom. The Bertz CT molecular complexity index is 516. The van der Waals surface area contributed by atoms with Crippen LogP contribution in [0.2, 0.25) is 10.0 Å². The number of benzene rings is 1. The van der Waals surface area contributed by atoms with Crippen molar-refractivity contribution in [1.29, 1.82) is 0 Å². The molecule has 0 spiro atoms. The molecule has 5 nitrogen and oxygen atoms in total. The minimum absolute atomic E-state index is 0.0632. The average molecular weight is 287 g/mol. The molecule has 0 unspecified atom stereocenters. The van der Waals surface area contributed by atoms with Gasteiger partial charge in [-0.25, -0.2) is 4.98 Å². The molecule has 2 rings (SSSR count). The van der Waals surface area contributed by atoms with Crippen LogP contribution < -0.4 is 5.32 Å².